The Morgan fingerprint density at radius 2 is 1.71 bits per heavy atom. The van der Waals surface area contributed by atoms with Crippen molar-refractivity contribution in [2.24, 2.45) is 0 Å². The molecule has 28 heavy (non-hydrogen) atoms. The molecular weight excluding hydrogens is 399 g/mol. The molecule has 0 aliphatic carbocycles. The summed E-state index contributed by atoms with van der Waals surface area (Å²) in [6, 6.07) is 10.8. The molecule has 2 saturated heterocycles. The topological polar surface area (TPSA) is 66.3 Å². The standard InChI is InChI=1S/C19H26N6O.2ClH/c26-19(18-15-25(22-21-18)17-6-8-20-9-7-17)24-12-10-23(11-13-24)14-16-4-2-1-3-5-16;;/h1-5,15,17,20H,6-14H2;2*1H. The second-order valence-corrected chi connectivity index (χ2v) is 7.12. The van der Waals surface area contributed by atoms with Gasteiger partial charge < -0.3 is 10.2 Å². The van der Waals surface area contributed by atoms with E-state index in [2.05, 4.69) is 44.8 Å². The van der Waals surface area contributed by atoms with Crippen LogP contribution >= 0.6 is 24.8 Å². The summed E-state index contributed by atoms with van der Waals surface area (Å²) >= 11 is 0. The SMILES string of the molecule is Cl.Cl.O=C(c1cn(C2CCNCC2)nn1)N1CCN(Cc2ccccc2)CC1. The molecule has 7 nitrogen and oxygen atoms in total. The number of nitrogens with one attached hydrogen (secondary N) is 1. The van der Waals surface area contributed by atoms with Crippen LogP contribution in [0.2, 0.25) is 0 Å². The molecule has 1 aromatic heterocycles. The van der Waals surface area contributed by atoms with E-state index in [1.54, 1.807) is 0 Å². The lowest BCUT2D eigenvalue weighted by Gasteiger charge is -2.34. The van der Waals surface area contributed by atoms with Crippen LogP contribution in [0.1, 0.15) is 34.9 Å². The number of carbonyl (C=O) groups is 1. The molecule has 0 radical (unpaired) electrons. The lowest BCUT2D eigenvalue weighted by atomic mass is 10.1. The zero-order valence-electron chi connectivity index (χ0n) is 15.9. The van der Waals surface area contributed by atoms with E-state index in [0.29, 0.717) is 11.7 Å². The average Bonchev–Trinajstić information content (AvgIpc) is 3.20. The van der Waals surface area contributed by atoms with Crippen LogP contribution in [0, 0.1) is 0 Å². The maximum Gasteiger partial charge on any atom is 0.276 e. The lowest BCUT2D eigenvalue weighted by molar-refractivity contribution is 0.0622. The van der Waals surface area contributed by atoms with E-state index in [4.69, 9.17) is 0 Å². The van der Waals surface area contributed by atoms with Gasteiger partial charge in [0, 0.05) is 32.7 Å². The fourth-order valence-electron chi connectivity index (χ4n) is 3.74. The van der Waals surface area contributed by atoms with E-state index < -0.39 is 0 Å². The number of hydrogen-bond donors (Lipinski definition) is 1. The second kappa shape index (κ2) is 10.8. The van der Waals surface area contributed by atoms with Gasteiger partial charge in [-0.25, -0.2) is 4.68 Å². The number of piperazine rings is 1. The molecular formula is C19H28Cl2N6O. The third-order valence-corrected chi connectivity index (χ3v) is 5.32. The highest BCUT2D eigenvalue weighted by Crippen LogP contribution is 2.18. The smallest absolute Gasteiger partial charge is 0.276 e. The summed E-state index contributed by atoms with van der Waals surface area (Å²) < 4.78 is 1.87. The van der Waals surface area contributed by atoms with Crippen molar-refractivity contribution in [2.75, 3.05) is 39.3 Å². The molecule has 1 amide bonds. The molecule has 0 bridgehead atoms. The third-order valence-electron chi connectivity index (χ3n) is 5.32. The number of benzene rings is 1. The number of hydrogen-bond acceptors (Lipinski definition) is 5. The molecule has 2 aromatic rings. The van der Waals surface area contributed by atoms with Crippen molar-refractivity contribution in [3.8, 4) is 0 Å². The Balaban J connectivity index is 0.00000140. The molecule has 0 unspecified atom stereocenters. The molecule has 2 aliphatic heterocycles. The van der Waals surface area contributed by atoms with Gasteiger partial charge in [-0.05, 0) is 31.5 Å². The van der Waals surface area contributed by atoms with Crippen molar-refractivity contribution in [3.05, 3.63) is 47.8 Å². The van der Waals surface area contributed by atoms with Gasteiger partial charge in [-0.1, -0.05) is 35.5 Å². The summed E-state index contributed by atoms with van der Waals surface area (Å²) in [5.74, 6) is 0.00421. The highest BCUT2D eigenvalue weighted by atomic mass is 35.5. The van der Waals surface area contributed by atoms with Crippen LogP contribution < -0.4 is 5.32 Å². The molecule has 1 N–H and O–H groups in total. The van der Waals surface area contributed by atoms with Crippen LogP contribution in [-0.2, 0) is 6.54 Å². The van der Waals surface area contributed by atoms with E-state index >= 15 is 0 Å². The Morgan fingerprint density at radius 1 is 1.04 bits per heavy atom. The largest absolute Gasteiger partial charge is 0.335 e. The summed E-state index contributed by atoms with van der Waals surface area (Å²) in [6.07, 6.45) is 3.90. The van der Waals surface area contributed by atoms with Crippen molar-refractivity contribution in [3.63, 3.8) is 0 Å². The third kappa shape index (κ3) is 5.44. The van der Waals surface area contributed by atoms with Gasteiger partial charge in [0.15, 0.2) is 5.69 Å². The predicted molar refractivity (Wildman–Crippen MR) is 113 cm³/mol. The molecule has 9 heteroatoms. The molecule has 0 atom stereocenters. The van der Waals surface area contributed by atoms with Gasteiger partial charge in [0.2, 0.25) is 0 Å². The minimum absolute atomic E-state index is 0. The molecule has 3 heterocycles. The molecule has 154 valence electrons. The van der Waals surface area contributed by atoms with Gasteiger partial charge in [0.25, 0.3) is 5.91 Å². The van der Waals surface area contributed by atoms with Gasteiger partial charge in [-0.15, -0.1) is 29.9 Å². The Morgan fingerprint density at radius 3 is 2.39 bits per heavy atom. The van der Waals surface area contributed by atoms with Crippen molar-refractivity contribution in [1.82, 2.24) is 30.1 Å². The minimum Gasteiger partial charge on any atom is -0.335 e. The zero-order chi connectivity index (χ0) is 17.8. The monoisotopic (exact) mass is 426 g/mol. The Labute approximate surface area is 178 Å². The van der Waals surface area contributed by atoms with E-state index in [-0.39, 0.29) is 30.7 Å². The van der Waals surface area contributed by atoms with Crippen LogP contribution in [0.25, 0.3) is 0 Å². The first kappa shape index (κ1) is 22.6. The van der Waals surface area contributed by atoms with Crippen molar-refractivity contribution >= 4 is 30.7 Å². The van der Waals surface area contributed by atoms with Crippen LogP contribution in [0.3, 0.4) is 0 Å². The predicted octanol–water partition coefficient (Wildman–Crippen LogP) is 2.00. The maximum atomic E-state index is 12.7. The highest BCUT2D eigenvalue weighted by Gasteiger charge is 2.25. The zero-order valence-corrected chi connectivity index (χ0v) is 17.5. The number of amides is 1. The normalized spacial score (nSPS) is 18.2. The van der Waals surface area contributed by atoms with Crippen LogP contribution in [0.4, 0.5) is 0 Å². The maximum absolute atomic E-state index is 12.7. The highest BCUT2D eigenvalue weighted by molar-refractivity contribution is 5.92. The molecule has 2 fully saturated rings. The first-order chi connectivity index (χ1) is 12.8. The Kier molecular flexibility index (Phi) is 8.69. The molecule has 0 spiro atoms. The van der Waals surface area contributed by atoms with E-state index in [1.165, 1.54) is 5.56 Å². The van der Waals surface area contributed by atoms with E-state index in [0.717, 1.165) is 58.7 Å². The summed E-state index contributed by atoms with van der Waals surface area (Å²) in [7, 11) is 0. The number of piperidine rings is 1. The quantitative estimate of drug-likeness (QED) is 0.809. The minimum atomic E-state index is 0. The molecule has 4 rings (SSSR count). The van der Waals surface area contributed by atoms with Crippen LogP contribution in [-0.4, -0.2) is 70.0 Å². The van der Waals surface area contributed by atoms with Crippen molar-refractivity contribution < 1.29 is 4.79 Å². The van der Waals surface area contributed by atoms with Gasteiger partial charge in [0.05, 0.1) is 12.2 Å². The number of halogens is 2. The Hall–Kier alpha value is -1.67. The van der Waals surface area contributed by atoms with Crippen LogP contribution in [0.15, 0.2) is 36.5 Å². The molecule has 0 saturated carbocycles. The Bertz CT molecular complexity index is 727. The fraction of sp³-hybridized carbons (Fsp3) is 0.526. The average molecular weight is 427 g/mol. The number of aromatic nitrogens is 3. The second-order valence-electron chi connectivity index (χ2n) is 7.12. The van der Waals surface area contributed by atoms with Crippen LogP contribution in [0.5, 0.6) is 0 Å². The first-order valence-corrected chi connectivity index (χ1v) is 9.48. The number of carbonyl (C=O) groups excluding carboxylic acids is 1. The van der Waals surface area contributed by atoms with Gasteiger partial charge in [0.1, 0.15) is 0 Å². The van der Waals surface area contributed by atoms with E-state index in [1.807, 2.05) is 21.8 Å². The fourth-order valence-corrected chi connectivity index (χ4v) is 3.74. The van der Waals surface area contributed by atoms with Gasteiger partial charge in [-0.2, -0.15) is 0 Å². The van der Waals surface area contributed by atoms with Gasteiger partial charge >= 0.3 is 0 Å². The summed E-state index contributed by atoms with van der Waals surface area (Å²) in [6.45, 7) is 6.20. The van der Waals surface area contributed by atoms with Crippen molar-refractivity contribution in [2.45, 2.75) is 25.4 Å². The summed E-state index contributed by atoms with van der Waals surface area (Å²) in [4.78, 5) is 17.0. The van der Waals surface area contributed by atoms with Crippen molar-refractivity contribution in [1.29, 1.82) is 0 Å². The molecule has 2 aliphatic rings. The van der Waals surface area contributed by atoms with Gasteiger partial charge in [-0.3, -0.25) is 9.69 Å². The first-order valence-electron chi connectivity index (χ1n) is 9.48. The summed E-state index contributed by atoms with van der Waals surface area (Å²) in [5, 5.41) is 11.7. The van der Waals surface area contributed by atoms with E-state index in [9.17, 15) is 4.79 Å². The molecule has 1 aromatic carbocycles. The number of rotatable bonds is 4. The summed E-state index contributed by atoms with van der Waals surface area (Å²) in [5.41, 5.74) is 1.79. The lowest BCUT2D eigenvalue weighted by Crippen LogP contribution is -2.48. The number of nitrogens with zero attached hydrogens (tertiary/aromatic N) is 5.